The molecule has 1 rings (SSSR count). The largest absolute Gasteiger partial charge is 0.284 e. The first kappa shape index (κ1) is 14.2. The van der Waals surface area contributed by atoms with Crippen molar-refractivity contribution in [2.24, 2.45) is 5.41 Å². The van der Waals surface area contributed by atoms with Crippen LogP contribution in [0.15, 0.2) is 17.3 Å². The summed E-state index contributed by atoms with van der Waals surface area (Å²) in [4.78, 5) is 0.166. The Hall–Kier alpha value is -0.880. The van der Waals surface area contributed by atoms with E-state index in [4.69, 9.17) is 0 Å². The molecule has 1 aromatic rings. The third-order valence-corrected chi connectivity index (χ3v) is 3.83. The van der Waals surface area contributed by atoms with E-state index in [1.165, 1.54) is 12.4 Å². The molecule has 0 saturated heterocycles. The van der Waals surface area contributed by atoms with Gasteiger partial charge in [0.2, 0.25) is 10.0 Å². The molecule has 0 saturated carbocycles. The van der Waals surface area contributed by atoms with Crippen molar-refractivity contribution in [1.29, 1.82) is 0 Å². The van der Waals surface area contributed by atoms with Gasteiger partial charge in [0.1, 0.15) is 4.90 Å². The molecule has 0 fully saturated rings. The van der Waals surface area contributed by atoms with E-state index in [2.05, 4.69) is 35.7 Å². The number of rotatable bonds is 4. The number of aromatic amines is 1. The number of sulfonamides is 1. The lowest BCUT2D eigenvalue weighted by molar-refractivity contribution is 0.269. The predicted molar refractivity (Wildman–Crippen MR) is 67.1 cm³/mol. The first-order chi connectivity index (χ1) is 7.52. The molecule has 0 radical (unpaired) electrons. The number of nitrogens with zero attached hydrogens (tertiary/aromatic N) is 1. The Balaban J connectivity index is 2.84. The Morgan fingerprint density at radius 2 is 1.88 bits per heavy atom. The maximum absolute atomic E-state index is 12.0. The fraction of sp³-hybridized carbons (Fsp3) is 0.727. The second kappa shape index (κ2) is 4.42. The monoisotopic (exact) mass is 259 g/mol. The van der Waals surface area contributed by atoms with Crippen LogP contribution < -0.4 is 4.72 Å². The third-order valence-electron chi connectivity index (χ3n) is 2.17. The Morgan fingerprint density at radius 1 is 1.29 bits per heavy atom. The molecular formula is C11H21N3O2S. The molecule has 0 bridgehead atoms. The molecule has 1 heterocycles. The third kappa shape index (κ3) is 4.47. The molecule has 17 heavy (non-hydrogen) atoms. The lowest BCUT2D eigenvalue weighted by atomic mass is 9.82. The molecular weight excluding hydrogens is 238 g/mol. The van der Waals surface area contributed by atoms with E-state index < -0.39 is 15.6 Å². The first-order valence-electron chi connectivity index (χ1n) is 5.55. The van der Waals surface area contributed by atoms with E-state index in [1.807, 2.05) is 13.8 Å². The van der Waals surface area contributed by atoms with Crippen molar-refractivity contribution >= 4 is 10.0 Å². The van der Waals surface area contributed by atoms with Crippen LogP contribution in [0.4, 0.5) is 0 Å². The zero-order chi connectivity index (χ0) is 13.3. The van der Waals surface area contributed by atoms with Crippen molar-refractivity contribution in [1.82, 2.24) is 14.9 Å². The topological polar surface area (TPSA) is 74.8 Å². The van der Waals surface area contributed by atoms with Gasteiger partial charge in [0.15, 0.2) is 0 Å². The molecule has 1 aromatic heterocycles. The van der Waals surface area contributed by atoms with Gasteiger partial charge in [-0.3, -0.25) is 5.10 Å². The minimum absolute atomic E-state index is 0.0580. The Bertz CT molecular complexity index is 455. The highest BCUT2D eigenvalue weighted by atomic mass is 32.2. The second-order valence-electron chi connectivity index (χ2n) is 6.16. The summed E-state index contributed by atoms with van der Waals surface area (Å²) < 4.78 is 26.8. The summed E-state index contributed by atoms with van der Waals surface area (Å²) in [7, 11) is -3.49. The van der Waals surface area contributed by atoms with Gasteiger partial charge in [-0.25, -0.2) is 13.1 Å². The van der Waals surface area contributed by atoms with Gasteiger partial charge in [-0.05, 0) is 25.7 Å². The van der Waals surface area contributed by atoms with Gasteiger partial charge in [0.05, 0.1) is 6.20 Å². The van der Waals surface area contributed by atoms with Gasteiger partial charge in [-0.15, -0.1) is 0 Å². The summed E-state index contributed by atoms with van der Waals surface area (Å²) in [5, 5.41) is 6.15. The van der Waals surface area contributed by atoms with E-state index in [0.717, 1.165) is 6.42 Å². The van der Waals surface area contributed by atoms with Crippen molar-refractivity contribution in [3.8, 4) is 0 Å². The minimum atomic E-state index is -3.49. The summed E-state index contributed by atoms with van der Waals surface area (Å²) in [5.74, 6) is 0. The molecule has 2 N–H and O–H groups in total. The quantitative estimate of drug-likeness (QED) is 0.867. The number of hydrogen-bond donors (Lipinski definition) is 2. The summed E-state index contributed by atoms with van der Waals surface area (Å²) in [6.45, 7) is 10.0. The van der Waals surface area contributed by atoms with Crippen LogP contribution in [0.3, 0.4) is 0 Å². The molecule has 0 amide bonds. The number of aromatic nitrogens is 2. The van der Waals surface area contributed by atoms with E-state index in [1.54, 1.807) is 0 Å². The molecule has 0 aliphatic carbocycles. The zero-order valence-corrected chi connectivity index (χ0v) is 11.9. The predicted octanol–water partition coefficient (Wildman–Crippen LogP) is 1.90. The highest BCUT2D eigenvalue weighted by molar-refractivity contribution is 7.89. The van der Waals surface area contributed by atoms with Gasteiger partial charge < -0.3 is 0 Å². The standard InChI is InChI=1S/C11H21N3O2S/c1-10(2,3)8-11(4,5)14-17(15,16)9-6-12-13-7-9/h6-7,14H,8H2,1-5H3,(H,12,13). The molecule has 5 nitrogen and oxygen atoms in total. The van der Waals surface area contributed by atoms with Crippen LogP contribution in [-0.4, -0.2) is 24.2 Å². The van der Waals surface area contributed by atoms with Crippen molar-refractivity contribution in [3.05, 3.63) is 12.4 Å². The summed E-state index contributed by atoms with van der Waals surface area (Å²) in [6.07, 6.45) is 3.42. The minimum Gasteiger partial charge on any atom is -0.284 e. The highest BCUT2D eigenvalue weighted by Gasteiger charge is 2.30. The molecule has 0 aliphatic heterocycles. The van der Waals surface area contributed by atoms with Crippen LogP contribution in [0, 0.1) is 5.41 Å². The van der Waals surface area contributed by atoms with Crippen molar-refractivity contribution in [2.45, 2.75) is 51.5 Å². The van der Waals surface area contributed by atoms with E-state index in [-0.39, 0.29) is 10.3 Å². The average molecular weight is 259 g/mol. The zero-order valence-electron chi connectivity index (χ0n) is 11.0. The molecule has 0 aromatic carbocycles. The Labute approximate surface area is 103 Å². The van der Waals surface area contributed by atoms with Crippen molar-refractivity contribution in [2.75, 3.05) is 0 Å². The molecule has 6 heteroatoms. The van der Waals surface area contributed by atoms with Gasteiger partial charge in [-0.1, -0.05) is 20.8 Å². The molecule has 98 valence electrons. The van der Waals surface area contributed by atoms with Crippen LogP contribution >= 0.6 is 0 Å². The summed E-state index contributed by atoms with van der Waals surface area (Å²) in [5.41, 5.74) is -0.434. The Kier molecular flexibility index (Phi) is 3.69. The lowest BCUT2D eigenvalue weighted by Crippen LogP contribution is -2.45. The van der Waals surface area contributed by atoms with Crippen LogP contribution in [0.5, 0.6) is 0 Å². The van der Waals surface area contributed by atoms with Crippen LogP contribution in [0.1, 0.15) is 41.0 Å². The van der Waals surface area contributed by atoms with E-state index in [0.29, 0.717) is 0 Å². The average Bonchev–Trinajstić information content (AvgIpc) is 2.46. The van der Waals surface area contributed by atoms with Gasteiger partial charge in [-0.2, -0.15) is 5.10 Å². The van der Waals surface area contributed by atoms with E-state index >= 15 is 0 Å². The number of H-pyrrole nitrogens is 1. The Morgan fingerprint density at radius 3 is 2.29 bits per heavy atom. The van der Waals surface area contributed by atoms with Gasteiger partial charge in [0, 0.05) is 11.7 Å². The van der Waals surface area contributed by atoms with Crippen LogP contribution in [0.2, 0.25) is 0 Å². The molecule has 0 unspecified atom stereocenters. The first-order valence-corrected chi connectivity index (χ1v) is 7.03. The van der Waals surface area contributed by atoms with Gasteiger partial charge in [0.25, 0.3) is 0 Å². The highest BCUT2D eigenvalue weighted by Crippen LogP contribution is 2.27. The maximum Gasteiger partial charge on any atom is 0.244 e. The normalized spacial score (nSPS) is 13.9. The van der Waals surface area contributed by atoms with Crippen molar-refractivity contribution < 1.29 is 8.42 Å². The summed E-state index contributed by atoms with van der Waals surface area (Å²) >= 11 is 0. The fourth-order valence-corrected chi connectivity index (χ4v) is 3.49. The lowest BCUT2D eigenvalue weighted by Gasteiger charge is -2.32. The second-order valence-corrected chi connectivity index (χ2v) is 7.84. The maximum atomic E-state index is 12.0. The van der Waals surface area contributed by atoms with Crippen LogP contribution in [0.25, 0.3) is 0 Å². The molecule has 0 spiro atoms. The number of nitrogens with one attached hydrogen (secondary N) is 2. The molecule has 0 aliphatic rings. The van der Waals surface area contributed by atoms with Gasteiger partial charge >= 0.3 is 0 Å². The summed E-state index contributed by atoms with van der Waals surface area (Å²) in [6, 6.07) is 0. The smallest absolute Gasteiger partial charge is 0.244 e. The van der Waals surface area contributed by atoms with Crippen molar-refractivity contribution in [3.63, 3.8) is 0 Å². The SMILES string of the molecule is CC(C)(C)CC(C)(C)NS(=O)(=O)c1cn[nH]c1. The number of hydrogen-bond acceptors (Lipinski definition) is 3. The molecule has 0 atom stereocenters. The fourth-order valence-electron chi connectivity index (χ4n) is 2.17. The van der Waals surface area contributed by atoms with E-state index in [9.17, 15) is 8.42 Å². The van der Waals surface area contributed by atoms with Crippen LogP contribution in [-0.2, 0) is 10.0 Å².